The molecule has 0 unspecified atom stereocenters. The number of hydrogen-bond donors (Lipinski definition) is 4. The van der Waals surface area contributed by atoms with Gasteiger partial charge in [0.2, 0.25) is 5.91 Å². The normalized spacial score (nSPS) is 10.6. The highest BCUT2D eigenvalue weighted by Gasteiger charge is 2.12. The first-order valence-corrected chi connectivity index (χ1v) is 6.52. The fraction of sp³-hybridized carbons (Fsp3) is 0.385. The standard InChI is InChI=1S/C13H17N5O3/c1-6-7(2)17-18-11(6)15-10(19)5-4-9-8(3)14-13(21)16-12(9)20/h4-5H2,1-3H3,(H2,14,16,20,21)(H2,15,17,18,19). The summed E-state index contributed by atoms with van der Waals surface area (Å²) in [7, 11) is 0. The molecule has 2 aromatic rings. The summed E-state index contributed by atoms with van der Waals surface area (Å²) in [6.45, 7) is 5.34. The maximum absolute atomic E-state index is 11.9. The van der Waals surface area contributed by atoms with Crippen LogP contribution in [0.25, 0.3) is 0 Å². The molecule has 0 aromatic carbocycles. The molecular formula is C13H17N5O3. The van der Waals surface area contributed by atoms with Crippen molar-refractivity contribution in [3.8, 4) is 0 Å². The van der Waals surface area contributed by atoms with E-state index in [2.05, 4.69) is 25.5 Å². The molecule has 0 aliphatic rings. The van der Waals surface area contributed by atoms with Crippen LogP contribution in [0.4, 0.5) is 5.82 Å². The van der Waals surface area contributed by atoms with Gasteiger partial charge in [-0.25, -0.2) is 4.79 Å². The molecule has 1 amide bonds. The Labute approximate surface area is 120 Å². The summed E-state index contributed by atoms with van der Waals surface area (Å²) in [6.07, 6.45) is 0.369. The van der Waals surface area contributed by atoms with E-state index in [9.17, 15) is 14.4 Å². The molecule has 0 atom stereocenters. The molecule has 2 rings (SSSR count). The smallest absolute Gasteiger partial charge is 0.311 e. The third-order valence-electron chi connectivity index (χ3n) is 3.37. The quantitative estimate of drug-likeness (QED) is 0.646. The molecule has 0 fully saturated rings. The molecule has 8 heteroatoms. The van der Waals surface area contributed by atoms with Crippen molar-refractivity contribution in [1.82, 2.24) is 20.2 Å². The van der Waals surface area contributed by atoms with Gasteiger partial charge < -0.3 is 10.3 Å². The molecule has 2 heterocycles. The van der Waals surface area contributed by atoms with Crippen molar-refractivity contribution < 1.29 is 4.79 Å². The number of aromatic amines is 3. The average Bonchev–Trinajstić information content (AvgIpc) is 2.69. The molecule has 8 nitrogen and oxygen atoms in total. The Morgan fingerprint density at radius 3 is 2.43 bits per heavy atom. The Morgan fingerprint density at radius 1 is 1.14 bits per heavy atom. The fourth-order valence-corrected chi connectivity index (χ4v) is 1.97. The van der Waals surface area contributed by atoms with Gasteiger partial charge in [0.15, 0.2) is 5.82 Å². The Morgan fingerprint density at radius 2 is 1.86 bits per heavy atom. The van der Waals surface area contributed by atoms with Gasteiger partial charge in [-0.3, -0.25) is 19.7 Å². The molecule has 21 heavy (non-hydrogen) atoms. The molecular weight excluding hydrogens is 274 g/mol. The highest BCUT2D eigenvalue weighted by atomic mass is 16.2. The predicted octanol–water partition coefficient (Wildman–Crippen LogP) is 0.283. The van der Waals surface area contributed by atoms with Crippen LogP contribution in [0.3, 0.4) is 0 Å². The lowest BCUT2D eigenvalue weighted by Crippen LogP contribution is -2.27. The number of aryl methyl sites for hydroxylation is 2. The number of amides is 1. The van der Waals surface area contributed by atoms with E-state index in [4.69, 9.17) is 0 Å². The van der Waals surface area contributed by atoms with E-state index in [0.717, 1.165) is 11.3 Å². The molecule has 0 saturated heterocycles. The largest absolute Gasteiger partial charge is 0.325 e. The molecule has 4 N–H and O–H groups in total. The first-order valence-electron chi connectivity index (χ1n) is 6.52. The summed E-state index contributed by atoms with van der Waals surface area (Å²) < 4.78 is 0. The summed E-state index contributed by atoms with van der Waals surface area (Å²) in [5, 5.41) is 9.45. The van der Waals surface area contributed by atoms with Crippen molar-refractivity contribution in [2.24, 2.45) is 0 Å². The molecule has 0 bridgehead atoms. The van der Waals surface area contributed by atoms with Gasteiger partial charge in [0.1, 0.15) is 0 Å². The van der Waals surface area contributed by atoms with E-state index >= 15 is 0 Å². The van der Waals surface area contributed by atoms with Crippen LogP contribution in [0.5, 0.6) is 0 Å². The highest BCUT2D eigenvalue weighted by Crippen LogP contribution is 2.14. The number of hydrogen-bond acceptors (Lipinski definition) is 4. The maximum atomic E-state index is 11.9. The van der Waals surface area contributed by atoms with Gasteiger partial charge in [0, 0.05) is 28.9 Å². The lowest BCUT2D eigenvalue weighted by Gasteiger charge is -2.05. The summed E-state index contributed by atoms with van der Waals surface area (Å²) in [5.74, 6) is 0.249. The second-order valence-corrected chi connectivity index (χ2v) is 4.88. The second-order valence-electron chi connectivity index (χ2n) is 4.88. The van der Waals surface area contributed by atoms with Crippen LogP contribution in [-0.2, 0) is 11.2 Å². The van der Waals surface area contributed by atoms with Gasteiger partial charge >= 0.3 is 5.69 Å². The number of anilines is 1. The van der Waals surface area contributed by atoms with Crippen molar-refractivity contribution in [3.05, 3.63) is 43.4 Å². The second kappa shape index (κ2) is 5.78. The minimum Gasteiger partial charge on any atom is -0.311 e. The number of nitrogens with zero attached hydrogens (tertiary/aromatic N) is 1. The number of carbonyl (C=O) groups excluding carboxylic acids is 1. The topological polar surface area (TPSA) is 123 Å². The monoisotopic (exact) mass is 291 g/mol. The van der Waals surface area contributed by atoms with Crippen molar-refractivity contribution >= 4 is 11.7 Å². The van der Waals surface area contributed by atoms with Gasteiger partial charge in [-0.2, -0.15) is 5.10 Å². The van der Waals surface area contributed by atoms with Crippen molar-refractivity contribution in [2.45, 2.75) is 33.6 Å². The van der Waals surface area contributed by atoms with E-state index in [1.807, 2.05) is 13.8 Å². The van der Waals surface area contributed by atoms with Crippen LogP contribution in [0.15, 0.2) is 9.59 Å². The summed E-state index contributed by atoms with van der Waals surface area (Å²) >= 11 is 0. The minimum absolute atomic E-state index is 0.126. The van der Waals surface area contributed by atoms with E-state index in [0.29, 0.717) is 17.1 Å². The first kappa shape index (κ1) is 14.8. The number of rotatable bonds is 4. The number of nitrogens with one attached hydrogen (secondary N) is 4. The number of aromatic nitrogens is 4. The van der Waals surface area contributed by atoms with E-state index in [1.165, 1.54) is 0 Å². The minimum atomic E-state index is -0.548. The fourth-order valence-electron chi connectivity index (χ4n) is 1.97. The SMILES string of the molecule is Cc1[nH]nc(NC(=O)CCc2c(C)[nH]c(=O)[nH]c2=O)c1C. The van der Waals surface area contributed by atoms with Crippen LogP contribution in [0.1, 0.15) is 28.9 Å². The molecule has 112 valence electrons. The molecule has 0 aliphatic carbocycles. The van der Waals surface area contributed by atoms with Gasteiger partial charge in [0.25, 0.3) is 5.56 Å². The zero-order valence-corrected chi connectivity index (χ0v) is 12.1. The Kier molecular flexibility index (Phi) is 4.06. The lowest BCUT2D eigenvalue weighted by atomic mass is 10.1. The molecule has 0 spiro atoms. The third-order valence-corrected chi connectivity index (χ3v) is 3.37. The van der Waals surface area contributed by atoms with Crippen LogP contribution in [0.2, 0.25) is 0 Å². The zero-order valence-electron chi connectivity index (χ0n) is 12.1. The van der Waals surface area contributed by atoms with Crippen LogP contribution < -0.4 is 16.6 Å². The van der Waals surface area contributed by atoms with Crippen molar-refractivity contribution in [1.29, 1.82) is 0 Å². The third kappa shape index (κ3) is 3.28. The maximum Gasteiger partial charge on any atom is 0.325 e. The Hall–Kier alpha value is -2.64. The van der Waals surface area contributed by atoms with E-state index in [1.54, 1.807) is 6.92 Å². The van der Waals surface area contributed by atoms with Crippen molar-refractivity contribution in [2.75, 3.05) is 5.32 Å². The molecule has 2 aromatic heterocycles. The molecule has 0 saturated carbocycles. The lowest BCUT2D eigenvalue weighted by molar-refractivity contribution is -0.116. The summed E-state index contributed by atoms with van der Waals surface area (Å²) in [4.78, 5) is 39.3. The van der Waals surface area contributed by atoms with E-state index < -0.39 is 11.2 Å². The predicted molar refractivity (Wildman–Crippen MR) is 77.4 cm³/mol. The zero-order chi connectivity index (χ0) is 15.6. The van der Waals surface area contributed by atoms with Crippen LogP contribution in [0, 0.1) is 20.8 Å². The number of H-pyrrole nitrogens is 3. The van der Waals surface area contributed by atoms with Gasteiger partial charge in [-0.1, -0.05) is 0 Å². The molecule has 0 radical (unpaired) electrons. The number of carbonyl (C=O) groups is 1. The highest BCUT2D eigenvalue weighted by molar-refractivity contribution is 5.90. The van der Waals surface area contributed by atoms with Crippen LogP contribution in [-0.4, -0.2) is 26.1 Å². The van der Waals surface area contributed by atoms with Gasteiger partial charge in [-0.05, 0) is 27.2 Å². The van der Waals surface area contributed by atoms with E-state index in [-0.39, 0.29) is 18.7 Å². The Balaban J connectivity index is 2.04. The first-order chi connectivity index (χ1) is 9.88. The van der Waals surface area contributed by atoms with Gasteiger partial charge in [0.05, 0.1) is 0 Å². The van der Waals surface area contributed by atoms with Crippen LogP contribution >= 0.6 is 0 Å². The van der Waals surface area contributed by atoms with Crippen molar-refractivity contribution in [3.63, 3.8) is 0 Å². The summed E-state index contributed by atoms with van der Waals surface area (Å²) in [5.41, 5.74) is 1.63. The summed E-state index contributed by atoms with van der Waals surface area (Å²) in [6, 6.07) is 0. The average molecular weight is 291 g/mol. The molecule has 0 aliphatic heterocycles. The Bertz CT molecular complexity index is 784. The van der Waals surface area contributed by atoms with Gasteiger partial charge in [-0.15, -0.1) is 0 Å².